The number of fused-ring (bicyclic) bond motifs is 3. The first-order valence-electron chi connectivity index (χ1n) is 14.1. The lowest BCUT2D eigenvalue weighted by atomic mass is 9.80. The Hall–Kier alpha value is -4.28. The van der Waals surface area contributed by atoms with Gasteiger partial charge < -0.3 is 14.5 Å². The van der Waals surface area contributed by atoms with Crippen LogP contribution < -0.4 is 19.9 Å². The van der Waals surface area contributed by atoms with Crippen molar-refractivity contribution in [3.05, 3.63) is 52.8 Å². The first-order valence-corrected chi connectivity index (χ1v) is 14.1. The van der Waals surface area contributed by atoms with Gasteiger partial charge in [-0.05, 0) is 61.4 Å². The number of ether oxygens (including phenoxy) is 1. The van der Waals surface area contributed by atoms with Gasteiger partial charge >= 0.3 is 6.09 Å². The van der Waals surface area contributed by atoms with E-state index >= 15 is 4.39 Å². The molecule has 5 aliphatic rings. The summed E-state index contributed by atoms with van der Waals surface area (Å²) in [5, 5.41) is 2.27. The molecule has 3 aliphatic heterocycles. The molecule has 1 atom stereocenters. The van der Waals surface area contributed by atoms with Crippen LogP contribution >= 0.6 is 0 Å². The van der Waals surface area contributed by atoms with Gasteiger partial charge in [-0.25, -0.2) is 9.18 Å². The highest BCUT2D eigenvalue weighted by molar-refractivity contribution is 6.10. The molecule has 2 aromatic rings. The van der Waals surface area contributed by atoms with Crippen LogP contribution in [0.3, 0.4) is 0 Å². The molecule has 1 N–H and O–H groups in total. The third-order valence-electron chi connectivity index (χ3n) is 9.18. The van der Waals surface area contributed by atoms with E-state index < -0.39 is 35.2 Å². The average molecular weight is 561 g/mol. The molecule has 0 bridgehead atoms. The summed E-state index contributed by atoms with van der Waals surface area (Å²) in [5.41, 5.74) is 1.71. The predicted octanol–water partition coefficient (Wildman–Crippen LogP) is 3.54. The predicted molar refractivity (Wildman–Crippen MR) is 144 cm³/mol. The van der Waals surface area contributed by atoms with Gasteiger partial charge in [-0.2, -0.15) is 0 Å². The van der Waals surface area contributed by atoms with Gasteiger partial charge in [0.25, 0.3) is 5.91 Å². The smallest absolute Gasteiger partial charge is 0.410 e. The fraction of sp³-hybridized carbons (Fsp3) is 0.433. The van der Waals surface area contributed by atoms with Crippen molar-refractivity contribution < 1.29 is 33.1 Å². The van der Waals surface area contributed by atoms with Gasteiger partial charge in [0.2, 0.25) is 17.7 Å². The van der Waals surface area contributed by atoms with E-state index in [4.69, 9.17) is 4.74 Å². The monoisotopic (exact) mass is 560 g/mol. The summed E-state index contributed by atoms with van der Waals surface area (Å²) in [6.07, 6.45) is 4.63. The summed E-state index contributed by atoms with van der Waals surface area (Å²) in [4.78, 5) is 67.9. The molecule has 212 valence electrons. The van der Waals surface area contributed by atoms with Gasteiger partial charge in [-0.1, -0.05) is 18.9 Å². The van der Waals surface area contributed by atoms with Crippen LogP contribution in [0.5, 0.6) is 5.75 Å². The van der Waals surface area contributed by atoms with Gasteiger partial charge in [-0.3, -0.25) is 29.4 Å². The van der Waals surface area contributed by atoms with Crippen molar-refractivity contribution in [3.8, 4) is 5.75 Å². The lowest BCUT2D eigenvalue weighted by Gasteiger charge is -2.29. The van der Waals surface area contributed by atoms with E-state index in [9.17, 15) is 24.0 Å². The van der Waals surface area contributed by atoms with Crippen LogP contribution in [-0.2, 0) is 26.3 Å². The van der Waals surface area contributed by atoms with Gasteiger partial charge in [-0.15, -0.1) is 0 Å². The Labute approximate surface area is 235 Å². The number of carbonyl (C=O) groups excluding carboxylic acids is 5. The number of imide groups is 1. The van der Waals surface area contributed by atoms with Crippen LogP contribution in [0.15, 0.2) is 30.3 Å². The molecule has 0 aromatic heterocycles. The van der Waals surface area contributed by atoms with E-state index in [0.717, 1.165) is 36.1 Å². The number of hydrogen-bond acceptors (Lipinski definition) is 6. The van der Waals surface area contributed by atoms with Crippen molar-refractivity contribution in [3.63, 3.8) is 0 Å². The minimum absolute atomic E-state index is 0.0201. The topological polar surface area (TPSA) is 116 Å². The summed E-state index contributed by atoms with van der Waals surface area (Å²) >= 11 is 0. The summed E-state index contributed by atoms with van der Waals surface area (Å²) in [7, 11) is 1.41. The second kappa shape index (κ2) is 9.12. The van der Waals surface area contributed by atoms with Gasteiger partial charge in [0.05, 0.1) is 16.8 Å². The Balaban J connectivity index is 1.12. The molecule has 41 heavy (non-hydrogen) atoms. The van der Waals surface area contributed by atoms with E-state index in [1.54, 1.807) is 23.1 Å². The fourth-order valence-electron chi connectivity index (χ4n) is 6.87. The quantitative estimate of drug-likeness (QED) is 0.572. The highest BCUT2D eigenvalue weighted by Gasteiger charge is 2.55. The number of nitrogens with one attached hydrogen (secondary N) is 1. The third-order valence-corrected chi connectivity index (χ3v) is 9.18. The van der Waals surface area contributed by atoms with Crippen LogP contribution in [0.4, 0.5) is 20.6 Å². The highest BCUT2D eigenvalue weighted by Crippen LogP contribution is 2.55. The zero-order valence-corrected chi connectivity index (χ0v) is 22.6. The van der Waals surface area contributed by atoms with E-state index in [2.05, 4.69) is 5.32 Å². The molecule has 11 heteroatoms. The van der Waals surface area contributed by atoms with Gasteiger partial charge in [0.1, 0.15) is 17.6 Å². The number of halogens is 1. The van der Waals surface area contributed by atoms with Crippen molar-refractivity contribution in [1.29, 1.82) is 0 Å². The number of anilines is 2. The maximum absolute atomic E-state index is 15.5. The number of nitrogens with zero attached hydrogens (tertiary/aromatic N) is 3. The second-order valence-electron chi connectivity index (χ2n) is 11.7. The molecule has 2 aliphatic carbocycles. The minimum Gasteiger partial charge on any atom is -0.410 e. The molecular weight excluding hydrogens is 531 g/mol. The zero-order valence-electron chi connectivity index (χ0n) is 22.6. The van der Waals surface area contributed by atoms with E-state index in [1.807, 2.05) is 0 Å². The normalized spacial score (nSPS) is 22.7. The zero-order chi connectivity index (χ0) is 28.6. The van der Waals surface area contributed by atoms with Crippen molar-refractivity contribution in [1.82, 2.24) is 10.2 Å². The van der Waals surface area contributed by atoms with Crippen molar-refractivity contribution in [2.24, 2.45) is 0 Å². The summed E-state index contributed by atoms with van der Waals surface area (Å²) in [5.74, 6) is -1.74. The Bertz CT molecular complexity index is 1550. The maximum atomic E-state index is 15.5. The Morgan fingerprint density at radius 1 is 1.07 bits per heavy atom. The van der Waals surface area contributed by atoms with Crippen molar-refractivity contribution in [2.45, 2.75) is 75.4 Å². The van der Waals surface area contributed by atoms with Crippen LogP contribution in [0.1, 0.15) is 72.9 Å². The van der Waals surface area contributed by atoms with Crippen LogP contribution in [0.2, 0.25) is 0 Å². The van der Waals surface area contributed by atoms with Crippen molar-refractivity contribution in [2.75, 3.05) is 16.8 Å². The SMILES string of the molecule is CN(C(=O)Oc1ccc2c(c1)C(=O)N(C1CCC(=O)NC1=O)C2)c1cc2c(cc1F)N(C1CC1)C(=O)C21CCCC1. The number of rotatable bonds is 4. The Morgan fingerprint density at radius 2 is 1.83 bits per heavy atom. The molecule has 1 unspecified atom stereocenters. The average Bonchev–Trinajstić information content (AvgIpc) is 3.48. The molecular formula is C30H29FN4O6. The summed E-state index contributed by atoms with van der Waals surface area (Å²) in [6.45, 7) is 0.202. The number of benzene rings is 2. The summed E-state index contributed by atoms with van der Waals surface area (Å²) in [6, 6.07) is 7.00. The molecule has 2 aromatic carbocycles. The van der Waals surface area contributed by atoms with E-state index in [1.165, 1.54) is 24.1 Å². The highest BCUT2D eigenvalue weighted by atomic mass is 19.1. The van der Waals surface area contributed by atoms with Crippen LogP contribution in [0, 0.1) is 5.82 Å². The van der Waals surface area contributed by atoms with Gasteiger partial charge in [0.15, 0.2) is 0 Å². The largest absolute Gasteiger partial charge is 0.419 e. The molecule has 3 fully saturated rings. The lowest BCUT2D eigenvalue weighted by Crippen LogP contribution is -2.52. The molecule has 10 nitrogen and oxygen atoms in total. The second-order valence-corrected chi connectivity index (χ2v) is 11.7. The lowest BCUT2D eigenvalue weighted by molar-refractivity contribution is -0.137. The summed E-state index contributed by atoms with van der Waals surface area (Å²) < 4.78 is 21.0. The number of piperidine rings is 1. The van der Waals surface area contributed by atoms with E-state index in [-0.39, 0.29) is 48.7 Å². The molecule has 5 amide bonds. The third kappa shape index (κ3) is 3.93. The molecule has 0 radical (unpaired) electrons. The molecule has 1 saturated heterocycles. The Kier molecular flexibility index (Phi) is 5.71. The number of carbonyl (C=O) groups is 5. The first kappa shape index (κ1) is 25.7. The van der Waals surface area contributed by atoms with E-state index in [0.29, 0.717) is 29.7 Å². The molecule has 7 rings (SSSR count). The number of hydrogen-bond donors (Lipinski definition) is 1. The molecule has 1 spiro atoms. The standard InChI is InChI=1S/C30H29FN4O6/c1-33(24-13-20-23(14-21(24)31)35(17-5-6-17)28(39)30(20)10-2-3-11-30)29(40)41-18-7-4-16-15-34(27(38)19(16)12-18)22-8-9-25(36)32-26(22)37/h4,7,12-14,17,22H,2-3,5-6,8-11,15H2,1H3,(H,32,36,37). The Morgan fingerprint density at radius 3 is 2.54 bits per heavy atom. The first-order chi connectivity index (χ1) is 19.7. The molecule has 3 heterocycles. The van der Waals surface area contributed by atoms with Gasteiger partial charge in [0, 0.05) is 37.7 Å². The van der Waals surface area contributed by atoms with Crippen LogP contribution in [-0.4, -0.2) is 53.8 Å². The van der Waals surface area contributed by atoms with Crippen LogP contribution in [0.25, 0.3) is 0 Å². The fourth-order valence-corrected chi connectivity index (χ4v) is 6.87. The number of amides is 5. The maximum Gasteiger partial charge on any atom is 0.419 e. The molecule has 2 saturated carbocycles. The van der Waals surface area contributed by atoms with Crippen molar-refractivity contribution >= 4 is 41.1 Å². The minimum atomic E-state index is -0.847.